The third kappa shape index (κ3) is 2.96. The number of hydrogen-bond donors (Lipinski definition) is 1. The van der Waals surface area contributed by atoms with Crippen LogP contribution < -0.4 is 10.2 Å². The summed E-state index contributed by atoms with van der Waals surface area (Å²) < 4.78 is 15.3. The lowest BCUT2D eigenvalue weighted by molar-refractivity contribution is 0.253. The highest BCUT2D eigenvalue weighted by Crippen LogP contribution is 2.23. The summed E-state index contributed by atoms with van der Waals surface area (Å²) in [6.45, 7) is 3.96. The van der Waals surface area contributed by atoms with Gasteiger partial charge in [-0.15, -0.1) is 0 Å². The molecule has 0 fully saturated rings. The maximum Gasteiger partial charge on any atom is 0.331 e. The summed E-state index contributed by atoms with van der Waals surface area (Å²) in [5.41, 5.74) is 0.905. The van der Waals surface area contributed by atoms with Crippen molar-refractivity contribution in [3.05, 3.63) is 42.7 Å². The SMILES string of the molecule is CC(C)N(C)c1ccc(NC(=O)n2ccnc2)cc1F. The van der Waals surface area contributed by atoms with Crippen LogP contribution in [-0.4, -0.2) is 28.7 Å². The van der Waals surface area contributed by atoms with E-state index >= 15 is 0 Å². The summed E-state index contributed by atoms with van der Waals surface area (Å²) in [6, 6.07) is 4.44. The molecule has 6 heteroatoms. The second-order valence-electron chi connectivity index (χ2n) is 4.77. The van der Waals surface area contributed by atoms with E-state index in [2.05, 4.69) is 10.3 Å². The number of carbonyl (C=O) groups is 1. The predicted octanol–water partition coefficient (Wildman–Crippen LogP) is 2.95. The Morgan fingerprint density at radius 3 is 2.75 bits per heavy atom. The van der Waals surface area contributed by atoms with Gasteiger partial charge in [-0.2, -0.15) is 0 Å². The fraction of sp³-hybridized carbons (Fsp3) is 0.286. The molecule has 1 aromatic heterocycles. The molecule has 0 atom stereocenters. The Morgan fingerprint density at radius 1 is 1.45 bits per heavy atom. The highest BCUT2D eigenvalue weighted by atomic mass is 19.1. The van der Waals surface area contributed by atoms with Gasteiger partial charge in [-0.05, 0) is 32.0 Å². The lowest BCUT2D eigenvalue weighted by atomic mass is 10.2. The topological polar surface area (TPSA) is 50.2 Å². The van der Waals surface area contributed by atoms with Gasteiger partial charge in [0.25, 0.3) is 0 Å². The summed E-state index contributed by atoms with van der Waals surface area (Å²) in [5, 5.41) is 2.61. The average molecular weight is 276 g/mol. The first-order valence-electron chi connectivity index (χ1n) is 6.30. The fourth-order valence-electron chi connectivity index (χ4n) is 1.72. The van der Waals surface area contributed by atoms with Gasteiger partial charge in [0.2, 0.25) is 0 Å². The molecule has 0 aliphatic heterocycles. The van der Waals surface area contributed by atoms with Crippen molar-refractivity contribution in [1.82, 2.24) is 9.55 Å². The van der Waals surface area contributed by atoms with E-state index in [4.69, 9.17) is 0 Å². The largest absolute Gasteiger partial charge is 0.370 e. The quantitative estimate of drug-likeness (QED) is 0.937. The lowest BCUT2D eigenvalue weighted by Crippen LogP contribution is -2.26. The molecule has 0 spiro atoms. The molecule has 0 saturated carbocycles. The highest BCUT2D eigenvalue weighted by Gasteiger charge is 2.12. The van der Waals surface area contributed by atoms with E-state index in [1.807, 2.05) is 25.8 Å². The number of amides is 1. The average Bonchev–Trinajstić information content (AvgIpc) is 2.92. The second kappa shape index (κ2) is 5.73. The first kappa shape index (κ1) is 14.0. The van der Waals surface area contributed by atoms with Crippen molar-refractivity contribution in [1.29, 1.82) is 0 Å². The molecule has 1 heterocycles. The van der Waals surface area contributed by atoms with Crippen molar-refractivity contribution < 1.29 is 9.18 Å². The zero-order chi connectivity index (χ0) is 14.7. The van der Waals surface area contributed by atoms with E-state index in [1.165, 1.54) is 29.4 Å². The zero-order valence-corrected chi connectivity index (χ0v) is 11.7. The molecular weight excluding hydrogens is 259 g/mol. The van der Waals surface area contributed by atoms with E-state index in [1.54, 1.807) is 12.1 Å². The second-order valence-corrected chi connectivity index (χ2v) is 4.77. The number of carbonyl (C=O) groups excluding carboxylic acids is 1. The molecule has 2 rings (SSSR count). The zero-order valence-electron chi connectivity index (χ0n) is 11.7. The Morgan fingerprint density at radius 2 is 2.20 bits per heavy atom. The minimum atomic E-state index is -0.383. The molecule has 1 N–H and O–H groups in total. The molecule has 5 nitrogen and oxygen atoms in total. The molecule has 0 radical (unpaired) electrons. The van der Waals surface area contributed by atoms with Crippen LogP contribution in [0.1, 0.15) is 13.8 Å². The van der Waals surface area contributed by atoms with Crippen LogP contribution in [0.15, 0.2) is 36.9 Å². The van der Waals surface area contributed by atoms with Crippen molar-refractivity contribution in [3.63, 3.8) is 0 Å². The van der Waals surface area contributed by atoms with Gasteiger partial charge in [-0.3, -0.25) is 4.57 Å². The molecule has 0 unspecified atom stereocenters. The summed E-state index contributed by atoms with van der Waals surface area (Å²) >= 11 is 0. The molecule has 0 aliphatic rings. The van der Waals surface area contributed by atoms with E-state index in [0.717, 1.165) is 0 Å². The maximum atomic E-state index is 14.0. The van der Waals surface area contributed by atoms with E-state index < -0.39 is 0 Å². The number of imidazole rings is 1. The number of nitrogens with zero attached hydrogens (tertiary/aromatic N) is 3. The molecular formula is C14H17FN4O. The molecule has 20 heavy (non-hydrogen) atoms. The summed E-state index contributed by atoms with van der Waals surface area (Å²) in [5.74, 6) is -0.371. The maximum absolute atomic E-state index is 14.0. The smallest absolute Gasteiger partial charge is 0.331 e. The summed E-state index contributed by atoms with van der Waals surface area (Å²) in [7, 11) is 1.83. The molecule has 106 valence electrons. The van der Waals surface area contributed by atoms with Gasteiger partial charge >= 0.3 is 6.03 Å². The Bertz CT molecular complexity index is 595. The number of hydrogen-bond acceptors (Lipinski definition) is 3. The van der Waals surface area contributed by atoms with Gasteiger partial charge in [0.1, 0.15) is 12.1 Å². The van der Waals surface area contributed by atoms with Gasteiger partial charge in [-0.25, -0.2) is 14.2 Å². The van der Waals surface area contributed by atoms with Gasteiger partial charge in [0.15, 0.2) is 0 Å². The van der Waals surface area contributed by atoms with Crippen LogP contribution in [0.4, 0.5) is 20.6 Å². The third-order valence-electron chi connectivity index (χ3n) is 3.09. The number of benzene rings is 1. The van der Waals surface area contributed by atoms with Crippen LogP contribution in [0.25, 0.3) is 0 Å². The first-order chi connectivity index (χ1) is 9.49. The number of aromatic nitrogens is 2. The van der Waals surface area contributed by atoms with Gasteiger partial charge in [-0.1, -0.05) is 0 Å². The monoisotopic (exact) mass is 276 g/mol. The number of rotatable bonds is 3. The van der Waals surface area contributed by atoms with Gasteiger partial charge in [0, 0.05) is 31.2 Å². The van der Waals surface area contributed by atoms with Crippen molar-refractivity contribution in [3.8, 4) is 0 Å². The lowest BCUT2D eigenvalue weighted by Gasteiger charge is -2.24. The molecule has 2 aromatic rings. The number of nitrogens with one attached hydrogen (secondary N) is 1. The highest BCUT2D eigenvalue weighted by molar-refractivity contribution is 5.91. The Balaban J connectivity index is 2.15. The van der Waals surface area contributed by atoms with Crippen LogP contribution in [0.2, 0.25) is 0 Å². The molecule has 1 amide bonds. The van der Waals surface area contributed by atoms with Gasteiger partial charge in [0.05, 0.1) is 5.69 Å². The Kier molecular flexibility index (Phi) is 4.02. The Hall–Kier alpha value is -2.37. The number of anilines is 2. The van der Waals surface area contributed by atoms with E-state index in [9.17, 15) is 9.18 Å². The van der Waals surface area contributed by atoms with Crippen LogP contribution in [0.5, 0.6) is 0 Å². The van der Waals surface area contributed by atoms with Gasteiger partial charge < -0.3 is 10.2 Å². The Labute approximate surface area is 117 Å². The predicted molar refractivity (Wildman–Crippen MR) is 76.6 cm³/mol. The molecule has 0 bridgehead atoms. The minimum absolute atomic E-state index is 0.191. The number of halogens is 1. The van der Waals surface area contributed by atoms with Crippen LogP contribution in [-0.2, 0) is 0 Å². The van der Waals surface area contributed by atoms with Crippen LogP contribution in [0.3, 0.4) is 0 Å². The minimum Gasteiger partial charge on any atom is -0.370 e. The normalized spacial score (nSPS) is 10.7. The van der Waals surface area contributed by atoms with Crippen molar-refractivity contribution in [2.75, 3.05) is 17.3 Å². The van der Waals surface area contributed by atoms with Crippen molar-refractivity contribution in [2.45, 2.75) is 19.9 Å². The molecule has 0 saturated heterocycles. The van der Waals surface area contributed by atoms with Crippen LogP contribution in [0, 0.1) is 5.82 Å². The standard InChI is InChI=1S/C14H17FN4O/c1-10(2)18(3)13-5-4-11(8-12(13)15)17-14(20)19-7-6-16-9-19/h4-10H,1-3H3,(H,17,20). The van der Waals surface area contributed by atoms with Crippen molar-refractivity contribution >= 4 is 17.4 Å². The molecule has 1 aromatic carbocycles. The first-order valence-corrected chi connectivity index (χ1v) is 6.30. The summed E-state index contributed by atoms with van der Waals surface area (Å²) in [6.07, 6.45) is 4.40. The molecule has 0 aliphatic carbocycles. The third-order valence-corrected chi connectivity index (χ3v) is 3.09. The van der Waals surface area contributed by atoms with Crippen LogP contribution >= 0.6 is 0 Å². The van der Waals surface area contributed by atoms with Crippen molar-refractivity contribution in [2.24, 2.45) is 0 Å². The van der Waals surface area contributed by atoms with E-state index in [-0.39, 0.29) is 17.9 Å². The summed E-state index contributed by atoms with van der Waals surface area (Å²) in [4.78, 5) is 17.4. The van der Waals surface area contributed by atoms with E-state index in [0.29, 0.717) is 11.4 Å². The fourth-order valence-corrected chi connectivity index (χ4v) is 1.72.